The Labute approximate surface area is 124 Å². The molecule has 0 unspecified atom stereocenters. The largest absolute Gasteiger partial charge is 0.379 e. The van der Waals surface area contributed by atoms with E-state index in [0.29, 0.717) is 0 Å². The summed E-state index contributed by atoms with van der Waals surface area (Å²) in [6.45, 7) is 10.7. The first-order chi connectivity index (χ1) is 9.67. The topological polar surface area (TPSA) is 40.1 Å². The minimum atomic E-state index is 0.784. The summed E-state index contributed by atoms with van der Waals surface area (Å²) in [4.78, 5) is 9.09. The van der Waals surface area contributed by atoms with E-state index in [-0.39, 0.29) is 0 Å². The van der Waals surface area contributed by atoms with Crippen molar-refractivity contribution < 1.29 is 4.74 Å². The van der Waals surface area contributed by atoms with Crippen molar-refractivity contribution in [2.75, 3.05) is 60.0 Å². The first-order valence-corrected chi connectivity index (χ1v) is 7.93. The molecule has 0 radical (unpaired) electrons. The normalized spacial score (nSPS) is 15.8. The lowest BCUT2D eigenvalue weighted by atomic mass is 10.5. The minimum Gasteiger partial charge on any atom is -0.379 e. The number of nitrogens with one attached hydrogen (secondary N) is 1. The lowest BCUT2D eigenvalue weighted by Gasteiger charge is -2.22. The highest BCUT2D eigenvalue weighted by Crippen LogP contribution is 2.28. The molecule has 1 rings (SSSR count). The summed E-state index contributed by atoms with van der Waals surface area (Å²) in [5.74, 6) is 1.82. The number of nitrogens with zero attached hydrogens (tertiary/aromatic N) is 3. The van der Waals surface area contributed by atoms with Crippen LogP contribution in [0.1, 0.15) is 26.7 Å². The van der Waals surface area contributed by atoms with Gasteiger partial charge in [-0.2, -0.15) is 0 Å². The standard InChI is InChI=1S/C15H32N4O/c1-5-16-15(17-9-10-18(3)6-2)19(4)11-12-20-13-14-7-8-14/h14H,5-13H2,1-4H3,(H,16,17). The third-order valence-corrected chi connectivity index (χ3v) is 3.60. The van der Waals surface area contributed by atoms with Crippen molar-refractivity contribution in [1.82, 2.24) is 15.1 Å². The summed E-state index contributed by atoms with van der Waals surface area (Å²) in [6, 6.07) is 0. The van der Waals surface area contributed by atoms with Crippen LogP contribution < -0.4 is 5.32 Å². The van der Waals surface area contributed by atoms with E-state index in [0.717, 1.165) is 57.8 Å². The third kappa shape index (κ3) is 7.70. The van der Waals surface area contributed by atoms with Crippen LogP contribution in [0.15, 0.2) is 4.99 Å². The molecule has 0 aromatic heterocycles. The van der Waals surface area contributed by atoms with Crippen molar-refractivity contribution in [3.05, 3.63) is 0 Å². The summed E-state index contributed by atoms with van der Waals surface area (Å²) in [6.07, 6.45) is 2.70. The quantitative estimate of drug-likeness (QED) is 0.372. The van der Waals surface area contributed by atoms with Crippen LogP contribution in [0.4, 0.5) is 0 Å². The fraction of sp³-hybridized carbons (Fsp3) is 0.933. The van der Waals surface area contributed by atoms with Gasteiger partial charge >= 0.3 is 0 Å². The van der Waals surface area contributed by atoms with Gasteiger partial charge in [0.05, 0.1) is 13.2 Å². The van der Waals surface area contributed by atoms with Gasteiger partial charge in [-0.1, -0.05) is 6.92 Å². The first kappa shape index (κ1) is 17.2. The van der Waals surface area contributed by atoms with Crippen molar-refractivity contribution >= 4 is 5.96 Å². The van der Waals surface area contributed by atoms with Gasteiger partial charge in [0.1, 0.15) is 0 Å². The number of rotatable bonds is 10. The molecular formula is C15H32N4O. The Morgan fingerprint density at radius 1 is 1.25 bits per heavy atom. The molecule has 1 saturated carbocycles. The number of hydrogen-bond donors (Lipinski definition) is 1. The number of ether oxygens (including phenoxy) is 1. The maximum atomic E-state index is 5.68. The van der Waals surface area contributed by atoms with E-state index in [1.807, 2.05) is 0 Å². The zero-order chi connectivity index (χ0) is 14.8. The predicted octanol–water partition coefficient (Wildman–Crippen LogP) is 1.26. The highest BCUT2D eigenvalue weighted by molar-refractivity contribution is 5.79. The fourth-order valence-corrected chi connectivity index (χ4v) is 1.80. The maximum absolute atomic E-state index is 5.68. The number of guanidine groups is 1. The molecule has 5 nitrogen and oxygen atoms in total. The summed E-state index contributed by atoms with van der Waals surface area (Å²) in [5, 5.41) is 3.34. The second-order valence-corrected chi connectivity index (χ2v) is 5.57. The number of aliphatic imine (C=N–C) groups is 1. The second kappa shape index (κ2) is 10.00. The third-order valence-electron chi connectivity index (χ3n) is 3.60. The summed E-state index contributed by atoms with van der Waals surface area (Å²) in [7, 11) is 4.20. The second-order valence-electron chi connectivity index (χ2n) is 5.57. The molecule has 0 atom stereocenters. The molecule has 5 heteroatoms. The van der Waals surface area contributed by atoms with Crippen molar-refractivity contribution in [3.63, 3.8) is 0 Å². The highest BCUT2D eigenvalue weighted by atomic mass is 16.5. The van der Waals surface area contributed by atoms with Crippen molar-refractivity contribution in [2.45, 2.75) is 26.7 Å². The predicted molar refractivity (Wildman–Crippen MR) is 85.3 cm³/mol. The van der Waals surface area contributed by atoms with E-state index in [1.54, 1.807) is 0 Å². The van der Waals surface area contributed by atoms with Crippen LogP contribution in [0.3, 0.4) is 0 Å². The Morgan fingerprint density at radius 2 is 2.00 bits per heavy atom. The van der Waals surface area contributed by atoms with Gasteiger partial charge in [-0.3, -0.25) is 4.99 Å². The molecule has 118 valence electrons. The lowest BCUT2D eigenvalue weighted by Crippen LogP contribution is -2.41. The van der Waals surface area contributed by atoms with Gasteiger partial charge in [0.2, 0.25) is 0 Å². The van der Waals surface area contributed by atoms with Crippen LogP contribution >= 0.6 is 0 Å². The van der Waals surface area contributed by atoms with Gasteiger partial charge in [0.15, 0.2) is 5.96 Å². The van der Waals surface area contributed by atoms with Gasteiger partial charge < -0.3 is 19.9 Å². The molecule has 0 bridgehead atoms. The Kier molecular flexibility index (Phi) is 8.62. The van der Waals surface area contributed by atoms with Crippen LogP contribution in [0, 0.1) is 5.92 Å². The Balaban J connectivity index is 2.23. The Hall–Kier alpha value is -0.810. The minimum absolute atomic E-state index is 0.784. The van der Waals surface area contributed by atoms with E-state index in [1.165, 1.54) is 12.8 Å². The van der Waals surface area contributed by atoms with Crippen molar-refractivity contribution in [2.24, 2.45) is 10.9 Å². The molecule has 0 aromatic rings. The molecule has 0 amide bonds. The van der Waals surface area contributed by atoms with Gasteiger partial charge in [0.25, 0.3) is 0 Å². The molecule has 0 heterocycles. The average molecular weight is 284 g/mol. The zero-order valence-electron chi connectivity index (χ0n) is 13.7. The van der Waals surface area contributed by atoms with Crippen molar-refractivity contribution in [1.29, 1.82) is 0 Å². The van der Waals surface area contributed by atoms with Crippen molar-refractivity contribution in [3.8, 4) is 0 Å². The first-order valence-electron chi connectivity index (χ1n) is 7.93. The summed E-state index contributed by atoms with van der Waals surface area (Å²) < 4.78 is 5.68. The van der Waals surface area contributed by atoms with Gasteiger partial charge in [-0.15, -0.1) is 0 Å². The molecule has 1 aliphatic rings. The molecule has 0 aromatic carbocycles. The Morgan fingerprint density at radius 3 is 2.60 bits per heavy atom. The molecule has 0 spiro atoms. The molecule has 0 saturated heterocycles. The van der Waals surface area contributed by atoms with E-state index in [9.17, 15) is 0 Å². The number of likely N-dealkylation sites (N-methyl/N-ethyl adjacent to an activating group) is 2. The number of hydrogen-bond acceptors (Lipinski definition) is 3. The monoisotopic (exact) mass is 284 g/mol. The van der Waals surface area contributed by atoms with E-state index in [2.05, 4.69) is 48.1 Å². The van der Waals surface area contributed by atoms with E-state index < -0.39 is 0 Å². The van der Waals surface area contributed by atoms with Crippen LogP contribution in [-0.4, -0.2) is 75.8 Å². The molecule has 1 N–H and O–H groups in total. The molecule has 1 fully saturated rings. The highest BCUT2D eigenvalue weighted by Gasteiger charge is 2.21. The molecule has 1 aliphatic carbocycles. The van der Waals surface area contributed by atoms with Crippen LogP contribution in [0.2, 0.25) is 0 Å². The van der Waals surface area contributed by atoms with Gasteiger partial charge in [0, 0.05) is 33.3 Å². The summed E-state index contributed by atoms with van der Waals surface area (Å²) >= 11 is 0. The Bertz CT molecular complexity index is 279. The van der Waals surface area contributed by atoms with E-state index in [4.69, 9.17) is 4.74 Å². The molecule has 20 heavy (non-hydrogen) atoms. The lowest BCUT2D eigenvalue weighted by molar-refractivity contribution is 0.115. The van der Waals surface area contributed by atoms with Gasteiger partial charge in [-0.25, -0.2) is 0 Å². The zero-order valence-corrected chi connectivity index (χ0v) is 13.7. The van der Waals surface area contributed by atoms with Crippen LogP contribution in [0.25, 0.3) is 0 Å². The van der Waals surface area contributed by atoms with E-state index >= 15 is 0 Å². The average Bonchev–Trinajstić information content (AvgIpc) is 3.26. The van der Waals surface area contributed by atoms with Crippen LogP contribution in [0.5, 0.6) is 0 Å². The maximum Gasteiger partial charge on any atom is 0.193 e. The van der Waals surface area contributed by atoms with Crippen LogP contribution in [-0.2, 0) is 4.74 Å². The SMILES string of the molecule is CCNC(=NCCN(C)CC)N(C)CCOCC1CC1. The fourth-order valence-electron chi connectivity index (χ4n) is 1.80. The van der Waals surface area contributed by atoms with Gasteiger partial charge in [-0.05, 0) is 39.3 Å². The molecular weight excluding hydrogens is 252 g/mol. The smallest absolute Gasteiger partial charge is 0.193 e. The molecule has 0 aliphatic heterocycles. The summed E-state index contributed by atoms with van der Waals surface area (Å²) in [5.41, 5.74) is 0.